The molecule has 0 fully saturated rings. The molecule has 0 bridgehead atoms. The lowest BCUT2D eigenvalue weighted by atomic mass is 10.1. The van der Waals surface area contributed by atoms with Gasteiger partial charge in [-0.3, -0.25) is 4.79 Å². The molecule has 1 aliphatic heterocycles. The summed E-state index contributed by atoms with van der Waals surface area (Å²) in [6.45, 7) is 3.99. The van der Waals surface area contributed by atoms with E-state index >= 15 is 0 Å². The van der Waals surface area contributed by atoms with E-state index in [9.17, 15) is 4.79 Å². The van der Waals surface area contributed by atoms with E-state index in [1.165, 1.54) is 5.56 Å². The maximum atomic E-state index is 11.2. The van der Waals surface area contributed by atoms with Gasteiger partial charge in [0.25, 0.3) is 0 Å². The number of nitrogens with two attached hydrogens (primary N) is 1. The minimum absolute atomic E-state index is 0.413. The third-order valence-corrected chi connectivity index (χ3v) is 3.16. The van der Waals surface area contributed by atoms with Gasteiger partial charge in [-0.25, -0.2) is 0 Å². The van der Waals surface area contributed by atoms with Crippen LogP contribution in [0.1, 0.15) is 19.4 Å². The van der Waals surface area contributed by atoms with Crippen molar-refractivity contribution in [1.29, 1.82) is 0 Å². The SMILES string of the molecule is C/C=C1/C=C(C(N)=O)C=CN1/C=C(\C)c1ccccc1. The van der Waals surface area contributed by atoms with Crippen molar-refractivity contribution in [3.63, 3.8) is 0 Å². The third kappa shape index (κ3) is 3.06. The van der Waals surface area contributed by atoms with Crippen molar-refractivity contribution in [2.45, 2.75) is 13.8 Å². The summed E-state index contributed by atoms with van der Waals surface area (Å²) in [4.78, 5) is 13.2. The number of amides is 1. The molecule has 0 unspecified atom stereocenters. The van der Waals surface area contributed by atoms with Gasteiger partial charge in [-0.05, 0) is 37.1 Å². The zero-order valence-electron chi connectivity index (χ0n) is 11.7. The molecule has 1 heterocycles. The monoisotopic (exact) mass is 266 g/mol. The fourth-order valence-electron chi connectivity index (χ4n) is 2.02. The Morgan fingerprint density at radius 3 is 2.55 bits per heavy atom. The van der Waals surface area contributed by atoms with Crippen LogP contribution in [0.25, 0.3) is 5.57 Å². The topological polar surface area (TPSA) is 46.3 Å². The van der Waals surface area contributed by atoms with Crippen molar-refractivity contribution in [1.82, 2.24) is 4.90 Å². The summed E-state index contributed by atoms with van der Waals surface area (Å²) in [5.41, 5.74) is 9.06. The van der Waals surface area contributed by atoms with Crippen molar-refractivity contribution in [2.75, 3.05) is 0 Å². The van der Waals surface area contributed by atoms with E-state index in [4.69, 9.17) is 5.73 Å². The Morgan fingerprint density at radius 1 is 1.25 bits per heavy atom. The molecule has 0 spiro atoms. The van der Waals surface area contributed by atoms with E-state index < -0.39 is 5.91 Å². The highest BCUT2D eigenvalue weighted by Gasteiger charge is 2.11. The first kappa shape index (κ1) is 13.9. The number of carbonyl (C=O) groups excluding carboxylic acids is 1. The average molecular weight is 266 g/mol. The highest BCUT2D eigenvalue weighted by atomic mass is 16.1. The highest BCUT2D eigenvalue weighted by Crippen LogP contribution is 2.21. The quantitative estimate of drug-likeness (QED) is 0.913. The Labute approximate surface area is 119 Å². The summed E-state index contributed by atoms with van der Waals surface area (Å²) in [7, 11) is 0. The summed E-state index contributed by atoms with van der Waals surface area (Å²) in [5.74, 6) is -0.413. The minimum atomic E-state index is -0.413. The first-order chi connectivity index (χ1) is 9.61. The fraction of sp³-hybridized carbons (Fsp3) is 0.118. The van der Waals surface area contributed by atoms with Gasteiger partial charge in [0.1, 0.15) is 0 Å². The Hall–Kier alpha value is -2.55. The van der Waals surface area contributed by atoms with Crippen molar-refractivity contribution >= 4 is 11.5 Å². The van der Waals surface area contributed by atoms with Crippen LogP contribution in [-0.2, 0) is 4.79 Å². The van der Waals surface area contributed by atoms with Gasteiger partial charge in [-0.15, -0.1) is 0 Å². The molecule has 0 saturated heterocycles. The second-order valence-electron chi connectivity index (χ2n) is 4.58. The largest absolute Gasteiger partial charge is 0.366 e. The van der Waals surface area contributed by atoms with Gasteiger partial charge in [0.2, 0.25) is 5.91 Å². The molecular weight excluding hydrogens is 248 g/mol. The molecule has 1 aromatic carbocycles. The predicted octanol–water partition coefficient (Wildman–Crippen LogP) is 3.19. The van der Waals surface area contributed by atoms with Crippen LogP contribution in [0, 0.1) is 0 Å². The lowest BCUT2D eigenvalue weighted by Gasteiger charge is -2.22. The van der Waals surface area contributed by atoms with Crippen LogP contribution in [-0.4, -0.2) is 10.8 Å². The number of carbonyl (C=O) groups is 1. The number of hydrogen-bond donors (Lipinski definition) is 1. The molecule has 1 aromatic rings. The summed E-state index contributed by atoms with van der Waals surface area (Å²) in [6.07, 6.45) is 9.35. The number of rotatable bonds is 3. The maximum Gasteiger partial charge on any atom is 0.248 e. The van der Waals surface area contributed by atoms with Crippen LogP contribution in [0.2, 0.25) is 0 Å². The molecule has 3 heteroatoms. The van der Waals surface area contributed by atoms with Gasteiger partial charge in [0, 0.05) is 23.7 Å². The number of nitrogens with zero attached hydrogens (tertiary/aromatic N) is 1. The molecule has 0 aromatic heterocycles. The van der Waals surface area contributed by atoms with E-state index in [2.05, 4.69) is 19.1 Å². The zero-order valence-corrected chi connectivity index (χ0v) is 11.7. The van der Waals surface area contributed by atoms with Crippen molar-refractivity contribution in [3.05, 3.63) is 77.8 Å². The van der Waals surface area contributed by atoms with E-state index in [0.717, 1.165) is 11.3 Å². The Morgan fingerprint density at radius 2 is 1.95 bits per heavy atom. The molecule has 102 valence electrons. The summed E-state index contributed by atoms with van der Waals surface area (Å²) < 4.78 is 0. The first-order valence-corrected chi connectivity index (χ1v) is 6.50. The van der Waals surface area contributed by atoms with Crippen LogP contribution in [0.15, 0.2) is 72.2 Å². The van der Waals surface area contributed by atoms with Crippen molar-refractivity contribution in [2.24, 2.45) is 5.73 Å². The fourth-order valence-corrected chi connectivity index (χ4v) is 2.02. The Kier molecular flexibility index (Phi) is 4.20. The first-order valence-electron chi connectivity index (χ1n) is 6.50. The van der Waals surface area contributed by atoms with Crippen molar-refractivity contribution < 1.29 is 4.79 Å². The van der Waals surface area contributed by atoms with Gasteiger partial charge in [-0.1, -0.05) is 36.4 Å². The molecule has 2 rings (SSSR count). The Balaban J connectivity index is 2.27. The van der Waals surface area contributed by atoms with Gasteiger partial charge >= 0.3 is 0 Å². The molecule has 2 N–H and O–H groups in total. The lowest BCUT2D eigenvalue weighted by molar-refractivity contribution is -0.114. The number of primary amides is 1. The van der Waals surface area contributed by atoms with E-state index in [-0.39, 0.29) is 0 Å². The van der Waals surface area contributed by atoms with Crippen LogP contribution in [0.3, 0.4) is 0 Å². The van der Waals surface area contributed by atoms with Crippen LogP contribution >= 0.6 is 0 Å². The average Bonchev–Trinajstić information content (AvgIpc) is 2.48. The summed E-state index contributed by atoms with van der Waals surface area (Å²) in [6, 6.07) is 10.2. The number of hydrogen-bond acceptors (Lipinski definition) is 2. The summed E-state index contributed by atoms with van der Waals surface area (Å²) >= 11 is 0. The smallest absolute Gasteiger partial charge is 0.248 e. The molecule has 3 nitrogen and oxygen atoms in total. The lowest BCUT2D eigenvalue weighted by Crippen LogP contribution is -2.19. The second-order valence-corrected chi connectivity index (χ2v) is 4.58. The molecular formula is C17H18N2O. The van der Waals surface area contributed by atoms with Gasteiger partial charge in [0.15, 0.2) is 0 Å². The van der Waals surface area contributed by atoms with Gasteiger partial charge in [-0.2, -0.15) is 0 Å². The molecule has 0 atom stereocenters. The van der Waals surface area contributed by atoms with Gasteiger partial charge < -0.3 is 10.6 Å². The van der Waals surface area contributed by atoms with Crippen LogP contribution in [0.5, 0.6) is 0 Å². The van der Waals surface area contributed by atoms with E-state index in [1.54, 1.807) is 12.2 Å². The molecule has 0 radical (unpaired) electrons. The molecule has 0 aliphatic carbocycles. The molecule has 0 saturated carbocycles. The normalized spacial score (nSPS) is 17.3. The highest BCUT2D eigenvalue weighted by molar-refractivity contribution is 5.95. The van der Waals surface area contributed by atoms with Crippen LogP contribution in [0.4, 0.5) is 0 Å². The van der Waals surface area contributed by atoms with E-state index in [1.807, 2.05) is 48.5 Å². The minimum Gasteiger partial charge on any atom is -0.366 e. The number of allylic oxidation sites excluding steroid dienone is 3. The molecule has 20 heavy (non-hydrogen) atoms. The zero-order chi connectivity index (χ0) is 14.5. The molecule has 1 aliphatic rings. The Bertz CT molecular complexity index is 622. The standard InChI is InChI=1S/C17H18N2O/c1-3-16-11-15(17(18)20)9-10-19(16)12-13(2)14-7-5-4-6-8-14/h3-12H,1-2H3,(H2,18,20)/b13-12+,16-3-. The van der Waals surface area contributed by atoms with E-state index in [0.29, 0.717) is 5.57 Å². The molecule has 1 amide bonds. The number of benzene rings is 1. The third-order valence-electron chi connectivity index (χ3n) is 3.16. The van der Waals surface area contributed by atoms with Crippen LogP contribution < -0.4 is 5.73 Å². The second kappa shape index (κ2) is 6.06. The predicted molar refractivity (Wildman–Crippen MR) is 82.1 cm³/mol. The van der Waals surface area contributed by atoms with Crippen molar-refractivity contribution in [3.8, 4) is 0 Å². The summed E-state index contributed by atoms with van der Waals surface area (Å²) in [5, 5.41) is 0. The van der Waals surface area contributed by atoms with Gasteiger partial charge in [0.05, 0.1) is 0 Å². The maximum absolute atomic E-state index is 11.2.